The highest BCUT2D eigenvalue weighted by Gasteiger charge is 2.14. The van der Waals surface area contributed by atoms with E-state index in [1.54, 1.807) is 0 Å². The minimum absolute atomic E-state index is 0.621. The number of aromatic nitrogens is 2. The Morgan fingerprint density at radius 2 is 1.67 bits per heavy atom. The topological polar surface area (TPSA) is 41.0 Å². The summed E-state index contributed by atoms with van der Waals surface area (Å²) in [6, 6.07) is 2.10. The molecule has 0 amide bonds. The summed E-state index contributed by atoms with van der Waals surface area (Å²) in [5.41, 5.74) is 0. The van der Waals surface area contributed by atoms with Crippen molar-refractivity contribution < 1.29 is 0 Å². The van der Waals surface area contributed by atoms with Crippen molar-refractivity contribution in [1.29, 1.82) is 0 Å². The molecule has 0 aliphatic heterocycles. The molecule has 0 fully saturated rings. The molecule has 1 N–H and O–H groups in total. The third kappa shape index (κ3) is 6.32. The van der Waals surface area contributed by atoms with E-state index in [-0.39, 0.29) is 0 Å². The Bertz CT molecular complexity index is 405. The Balaban J connectivity index is 3.03. The third-order valence-corrected chi connectivity index (χ3v) is 3.13. The molecular weight excluding hydrogens is 260 g/mol. The molecule has 1 rings (SSSR count). The fourth-order valence-electron chi connectivity index (χ4n) is 2.29. The van der Waals surface area contributed by atoms with Gasteiger partial charge in [-0.05, 0) is 18.3 Å². The zero-order valence-corrected chi connectivity index (χ0v) is 14.6. The summed E-state index contributed by atoms with van der Waals surface area (Å²) in [7, 11) is 0. The molecule has 1 aromatic rings. The van der Waals surface area contributed by atoms with Gasteiger partial charge < -0.3 is 10.2 Å². The molecule has 0 aromatic carbocycles. The van der Waals surface area contributed by atoms with E-state index >= 15 is 0 Å². The van der Waals surface area contributed by atoms with Gasteiger partial charge in [-0.1, -0.05) is 41.5 Å². The molecule has 0 spiro atoms. The van der Waals surface area contributed by atoms with Gasteiger partial charge in [0, 0.05) is 32.1 Å². The van der Waals surface area contributed by atoms with Crippen molar-refractivity contribution in [3.05, 3.63) is 11.9 Å². The highest BCUT2D eigenvalue weighted by molar-refractivity contribution is 5.49. The molecule has 0 atom stereocenters. The molecule has 1 aromatic heterocycles. The van der Waals surface area contributed by atoms with E-state index in [1.807, 2.05) is 0 Å². The van der Waals surface area contributed by atoms with E-state index in [2.05, 4.69) is 62.8 Å². The van der Waals surface area contributed by atoms with Gasteiger partial charge in [0.15, 0.2) is 0 Å². The predicted octanol–water partition coefficient (Wildman–Crippen LogP) is 3.98. The molecule has 0 bridgehead atoms. The molecular formula is C17H32N4. The van der Waals surface area contributed by atoms with Gasteiger partial charge in [-0.2, -0.15) is 0 Å². The maximum absolute atomic E-state index is 4.74. The van der Waals surface area contributed by atoms with Crippen molar-refractivity contribution >= 4 is 11.6 Å². The first-order valence-corrected chi connectivity index (χ1v) is 8.33. The number of nitrogens with zero attached hydrogens (tertiary/aromatic N) is 3. The Kier molecular flexibility index (Phi) is 7.48. The van der Waals surface area contributed by atoms with E-state index in [0.717, 1.165) is 49.9 Å². The van der Waals surface area contributed by atoms with Crippen LogP contribution in [0.4, 0.5) is 11.6 Å². The fourth-order valence-corrected chi connectivity index (χ4v) is 2.29. The summed E-state index contributed by atoms with van der Waals surface area (Å²) >= 11 is 0. The second-order valence-corrected chi connectivity index (χ2v) is 6.50. The summed E-state index contributed by atoms with van der Waals surface area (Å²) in [6.07, 6.45) is 1.97. The third-order valence-electron chi connectivity index (χ3n) is 3.13. The maximum Gasteiger partial charge on any atom is 0.134 e. The first-order valence-electron chi connectivity index (χ1n) is 8.33. The monoisotopic (exact) mass is 292 g/mol. The Labute approximate surface area is 130 Å². The van der Waals surface area contributed by atoms with Crippen LogP contribution in [0, 0.1) is 11.8 Å². The second kappa shape index (κ2) is 8.85. The van der Waals surface area contributed by atoms with Crippen LogP contribution in [0.25, 0.3) is 0 Å². The summed E-state index contributed by atoms with van der Waals surface area (Å²) in [4.78, 5) is 11.7. The largest absolute Gasteiger partial charge is 0.370 e. The van der Waals surface area contributed by atoms with E-state index in [1.165, 1.54) is 0 Å². The Hall–Kier alpha value is -1.32. The lowest BCUT2D eigenvalue weighted by molar-refractivity contribution is 0.547. The van der Waals surface area contributed by atoms with Crippen LogP contribution in [-0.4, -0.2) is 29.6 Å². The van der Waals surface area contributed by atoms with Crippen molar-refractivity contribution in [1.82, 2.24) is 9.97 Å². The van der Waals surface area contributed by atoms with E-state index < -0.39 is 0 Å². The van der Waals surface area contributed by atoms with Crippen LogP contribution in [0.2, 0.25) is 0 Å². The maximum atomic E-state index is 4.74. The highest BCUT2D eigenvalue weighted by atomic mass is 15.2. The number of anilines is 2. The standard InChI is InChI=1S/C17H32N4/c1-7-9-18-16-10-17(20-15(8-2)19-16)21(11-13(3)4)12-14(5)6/h10,13-14H,7-9,11-12H2,1-6H3,(H,18,19,20). The average Bonchev–Trinajstić information content (AvgIpc) is 2.43. The quantitative estimate of drug-likeness (QED) is 0.747. The van der Waals surface area contributed by atoms with Crippen molar-refractivity contribution in [3.8, 4) is 0 Å². The van der Waals surface area contributed by atoms with E-state index in [0.29, 0.717) is 11.8 Å². The van der Waals surface area contributed by atoms with Gasteiger partial charge in [-0.25, -0.2) is 9.97 Å². The molecule has 120 valence electrons. The first-order chi connectivity index (χ1) is 9.96. The molecule has 4 nitrogen and oxygen atoms in total. The zero-order chi connectivity index (χ0) is 15.8. The summed E-state index contributed by atoms with van der Waals surface area (Å²) < 4.78 is 0. The molecule has 1 heterocycles. The number of rotatable bonds is 9. The van der Waals surface area contributed by atoms with Crippen molar-refractivity contribution in [2.45, 2.75) is 54.4 Å². The first kappa shape index (κ1) is 17.7. The minimum Gasteiger partial charge on any atom is -0.370 e. The molecule has 0 aliphatic rings. The van der Waals surface area contributed by atoms with E-state index in [9.17, 15) is 0 Å². The Morgan fingerprint density at radius 3 is 2.14 bits per heavy atom. The molecule has 0 radical (unpaired) electrons. The van der Waals surface area contributed by atoms with Crippen LogP contribution in [0.15, 0.2) is 6.07 Å². The summed E-state index contributed by atoms with van der Waals surface area (Å²) in [5.74, 6) is 4.18. The van der Waals surface area contributed by atoms with Gasteiger partial charge in [0.25, 0.3) is 0 Å². The molecule has 0 unspecified atom stereocenters. The Morgan fingerprint density at radius 1 is 1.05 bits per heavy atom. The van der Waals surface area contributed by atoms with Crippen molar-refractivity contribution in [2.75, 3.05) is 29.9 Å². The van der Waals surface area contributed by atoms with Gasteiger partial charge in [-0.3, -0.25) is 0 Å². The van der Waals surface area contributed by atoms with Crippen molar-refractivity contribution in [2.24, 2.45) is 11.8 Å². The lowest BCUT2D eigenvalue weighted by atomic mass is 10.1. The van der Waals surface area contributed by atoms with Crippen LogP contribution < -0.4 is 10.2 Å². The molecule has 0 saturated carbocycles. The van der Waals surface area contributed by atoms with Crippen LogP contribution in [0.5, 0.6) is 0 Å². The molecule has 21 heavy (non-hydrogen) atoms. The van der Waals surface area contributed by atoms with Crippen molar-refractivity contribution in [3.63, 3.8) is 0 Å². The number of hydrogen-bond donors (Lipinski definition) is 1. The van der Waals surface area contributed by atoms with Crippen LogP contribution in [-0.2, 0) is 6.42 Å². The van der Waals surface area contributed by atoms with E-state index in [4.69, 9.17) is 4.98 Å². The fraction of sp³-hybridized carbons (Fsp3) is 0.765. The lowest BCUT2D eigenvalue weighted by Gasteiger charge is -2.28. The van der Waals surface area contributed by atoms with Crippen LogP contribution >= 0.6 is 0 Å². The molecule has 0 aliphatic carbocycles. The van der Waals surface area contributed by atoms with Gasteiger partial charge in [-0.15, -0.1) is 0 Å². The minimum atomic E-state index is 0.621. The number of nitrogens with one attached hydrogen (secondary N) is 1. The second-order valence-electron chi connectivity index (χ2n) is 6.50. The van der Waals surface area contributed by atoms with Gasteiger partial charge in [0.1, 0.15) is 17.5 Å². The SMILES string of the molecule is CCCNc1cc(N(CC(C)C)CC(C)C)nc(CC)n1. The predicted molar refractivity (Wildman–Crippen MR) is 92.1 cm³/mol. The number of aryl methyl sites for hydroxylation is 1. The number of hydrogen-bond acceptors (Lipinski definition) is 4. The van der Waals surface area contributed by atoms with Gasteiger partial charge in [0.2, 0.25) is 0 Å². The normalized spacial score (nSPS) is 11.2. The van der Waals surface area contributed by atoms with Crippen LogP contribution in [0.3, 0.4) is 0 Å². The van der Waals surface area contributed by atoms with Crippen LogP contribution in [0.1, 0.15) is 53.8 Å². The zero-order valence-electron chi connectivity index (χ0n) is 14.6. The lowest BCUT2D eigenvalue weighted by Crippen LogP contribution is -2.32. The highest BCUT2D eigenvalue weighted by Crippen LogP contribution is 2.19. The average molecular weight is 292 g/mol. The molecule has 4 heteroatoms. The van der Waals surface area contributed by atoms with Gasteiger partial charge >= 0.3 is 0 Å². The summed E-state index contributed by atoms with van der Waals surface area (Å²) in [5, 5.41) is 3.39. The van der Waals surface area contributed by atoms with Gasteiger partial charge in [0.05, 0.1) is 0 Å². The molecule has 0 saturated heterocycles. The smallest absolute Gasteiger partial charge is 0.134 e. The summed E-state index contributed by atoms with van der Waals surface area (Å²) in [6.45, 7) is 16.3.